The lowest BCUT2D eigenvalue weighted by atomic mass is 10.1. The van der Waals surface area contributed by atoms with Gasteiger partial charge in [-0.05, 0) is 25.3 Å². The Labute approximate surface area is 117 Å². The highest BCUT2D eigenvalue weighted by molar-refractivity contribution is 5.84. The van der Waals surface area contributed by atoms with Crippen molar-refractivity contribution in [3.05, 3.63) is 47.9 Å². The molecule has 0 amide bonds. The molecule has 19 heavy (non-hydrogen) atoms. The van der Waals surface area contributed by atoms with Crippen molar-refractivity contribution < 1.29 is 0 Å². The molecule has 0 saturated carbocycles. The van der Waals surface area contributed by atoms with Gasteiger partial charge >= 0.3 is 0 Å². The summed E-state index contributed by atoms with van der Waals surface area (Å²) in [5.41, 5.74) is 13.4. The lowest BCUT2D eigenvalue weighted by Gasteiger charge is -2.09. The standard InChI is InChI=1S/C16H27N3/c1-5-7-9-15(10-8-6-2)14(4)19-12-16(11-17)13(3)18/h7,9-12,14H,3,5-6,8,17-18H2,1-2,4H3/b9-7+,15-10+,16-11+,19-12?. The maximum atomic E-state index is 5.61. The summed E-state index contributed by atoms with van der Waals surface area (Å²) >= 11 is 0. The Kier molecular flexibility index (Phi) is 9.23. The molecule has 3 nitrogen and oxygen atoms in total. The zero-order valence-electron chi connectivity index (χ0n) is 12.4. The molecule has 0 bridgehead atoms. The third-order valence-corrected chi connectivity index (χ3v) is 2.68. The van der Waals surface area contributed by atoms with E-state index in [9.17, 15) is 0 Å². The number of rotatable bonds is 8. The number of nitrogens with two attached hydrogens (primary N) is 2. The monoisotopic (exact) mass is 261 g/mol. The molecular weight excluding hydrogens is 234 g/mol. The number of allylic oxidation sites excluding steroid dienone is 3. The summed E-state index contributed by atoms with van der Waals surface area (Å²) in [5.74, 6) is 0. The highest BCUT2D eigenvalue weighted by atomic mass is 14.8. The second kappa shape index (κ2) is 10.2. The molecule has 0 aromatic rings. The van der Waals surface area contributed by atoms with Gasteiger partial charge in [0.05, 0.1) is 6.04 Å². The summed E-state index contributed by atoms with van der Waals surface area (Å²) < 4.78 is 0. The smallest absolute Gasteiger partial charge is 0.0717 e. The van der Waals surface area contributed by atoms with Crippen molar-refractivity contribution in [3.8, 4) is 0 Å². The van der Waals surface area contributed by atoms with E-state index in [4.69, 9.17) is 11.5 Å². The molecule has 0 rings (SSSR count). The van der Waals surface area contributed by atoms with Gasteiger partial charge in [-0.2, -0.15) is 0 Å². The van der Waals surface area contributed by atoms with E-state index in [2.05, 4.69) is 50.6 Å². The van der Waals surface area contributed by atoms with E-state index in [1.165, 1.54) is 11.8 Å². The molecule has 0 saturated heterocycles. The zero-order chi connectivity index (χ0) is 14.7. The molecule has 3 heteroatoms. The summed E-state index contributed by atoms with van der Waals surface area (Å²) in [6, 6.07) is 0.0867. The van der Waals surface area contributed by atoms with Crippen LogP contribution in [0.2, 0.25) is 0 Å². The van der Waals surface area contributed by atoms with Crippen LogP contribution in [0.5, 0.6) is 0 Å². The molecule has 0 fully saturated rings. The van der Waals surface area contributed by atoms with Crippen LogP contribution in [0.4, 0.5) is 0 Å². The van der Waals surface area contributed by atoms with Gasteiger partial charge in [-0.15, -0.1) is 0 Å². The Morgan fingerprint density at radius 2 is 2.05 bits per heavy atom. The van der Waals surface area contributed by atoms with E-state index in [-0.39, 0.29) is 6.04 Å². The van der Waals surface area contributed by atoms with Crippen LogP contribution >= 0.6 is 0 Å². The van der Waals surface area contributed by atoms with Gasteiger partial charge in [-0.25, -0.2) is 0 Å². The average Bonchev–Trinajstić information content (AvgIpc) is 2.39. The largest absolute Gasteiger partial charge is 0.404 e. The van der Waals surface area contributed by atoms with Gasteiger partial charge < -0.3 is 11.5 Å². The van der Waals surface area contributed by atoms with E-state index in [1.54, 1.807) is 6.21 Å². The van der Waals surface area contributed by atoms with Crippen LogP contribution in [0.1, 0.15) is 40.0 Å². The molecule has 0 aliphatic rings. The van der Waals surface area contributed by atoms with Crippen molar-refractivity contribution in [2.24, 2.45) is 16.5 Å². The predicted molar refractivity (Wildman–Crippen MR) is 86.0 cm³/mol. The van der Waals surface area contributed by atoms with Gasteiger partial charge in [0.15, 0.2) is 0 Å². The number of unbranched alkanes of at least 4 members (excludes halogenated alkanes) is 1. The van der Waals surface area contributed by atoms with E-state index < -0.39 is 0 Å². The average molecular weight is 261 g/mol. The van der Waals surface area contributed by atoms with Crippen molar-refractivity contribution in [1.82, 2.24) is 0 Å². The molecule has 106 valence electrons. The molecule has 0 heterocycles. The number of hydrogen-bond donors (Lipinski definition) is 2. The minimum atomic E-state index is 0.0867. The Bertz CT molecular complexity index is 387. The first-order valence-corrected chi connectivity index (χ1v) is 6.83. The van der Waals surface area contributed by atoms with Crippen molar-refractivity contribution >= 4 is 6.21 Å². The molecule has 1 atom stereocenters. The summed E-state index contributed by atoms with van der Waals surface area (Å²) in [6.07, 6.45) is 12.9. The Morgan fingerprint density at radius 3 is 2.53 bits per heavy atom. The first kappa shape index (κ1) is 17.2. The quantitative estimate of drug-likeness (QED) is 0.519. The fourth-order valence-electron chi connectivity index (χ4n) is 1.45. The SMILES string of the molecule is C=C(N)/C(C=NC(C)C(/C=C/CC)=C/CCC)=C/N. The highest BCUT2D eigenvalue weighted by Crippen LogP contribution is 2.11. The van der Waals surface area contributed by atoms with Crippen LogP contribution in [0.15, 0.2) is 52.8 Å². The number of nitrogens with zero attached hydrogens (tertiary/aromatic N) is 1. The predicted octanol–water partition coefficient (Wildman–Crippen LogP) is 3.45. The maximum absolute atomic E-state index is 5.61. The Hall–Kier alpha value is -1.77. The van der Waals surface area contributed by atoms with Crippen LogP contribution in [0.25, 0.3) is 0 Å². The van der Waals surface area contributed by atoms with Gasteiger partial charge in [0.2, 0.25) is 0 Å². The summed E-state index contributed by atoms with van der Waals surface area (Å²) in [6.45, 7) is 10.0. The third-order valence-electron chi connectivity index (χ3n) is 2.68. The molecule has 0 radical (unpaired) electrons. The minimum Gasteiger partial charge on any atom is -0.404 e. The van der Waals surface area contributed by atoms with Gasteiger partial charge in [-0.3, -0.25) is 4.99 Å². The molecule has 0 spiro atoms. The summed E-state index contributed by atoms with van der Waals surface area (Å²) in [7, 11) is 0. The molecule has 0 aromatic heterocycles. The summed E-state index contributed by atoms with van der Waals surface area (Å²) in [5, 5.41) is 0. The van der Waals surface area contributed by atoms with Crippen molar-refractivity contribution in [2.45, 2.75) is 46.1 Å². The second-order valence-corrected chi connectivity index (χ2v) is 4.40. The fourth-order valence-corrected chi connectivity index (χ4v) is 1.45. The normalized spacial score (nSPS) is 15.3. The molecule has 0 aromatic carbocycles. The Balaban J connectivity index is 4.90. The van der Waals surface area contributed by atoms with Gasteiger partial charge in [0.1, 0.15) is 0 Å². The third kappa shape index (κ3) is 7.29. The highest BCUT2D eigenvalue weighted by Gasteiger charge is 2.03. The van der Waals surface area contributed by atoms with E-state index >= 15 is 0 Å². The molecule has 4 N–H and O–H groups in total. The molecule has 0 aliphatic heterocycles. The van der Waals surface area contributed by atoms with Gasteiger partial charge in [0, 0.05) is 23.7 Å². The van der Waals surface area contributed by atoms with Crippen LogP contribution in [-0.2, 0) is 0 Å². The first-order valence-electron chi connectivity index (χ1n) is 6.83. The zero-order valence-corrected chi connectivity index (χ0v) is 12.4. The van der Waals surface area contributed by atoms with Gasteiger partial charge in [0.25, 0.3) is 0 Å². The lowest BCUT2D eigenvalue weighted by Crippen LogP contribution is -2.06. The van der Waals surface area contributed by atoms with E-state index in [0.29, 0.717) is 11.3 Å². The van der Waals surface area contributed by atoms with Crippen LogP contribution in [0.3, 0.4) is 0 Å². The van der Waals surface area contributed by atoms with Crippen molar-refractivity contribution in [2.75, 3.05) is 0 Å². The first-order chi connectivity index (χ1) is 9.06. The number of hydrogen-bond acceptors (Lipinski definition) is 3. The number of aliphatic imine (C=N–C) groups is 1. The molecule has 0 aliphatic carbocycles. The molecule has 1 unspecified atom stereocenters. The van der Waals surface area contributed by atoms with Crippen LogP contribution in [-0.4, -0.2) is 12.3 Å². The van der Waals surface area contributed by atoms with Gasteiger partial charge in [-0.1, -0.05) is 45.1 Å². The van der Waals surface area contributed by atoms with E-state index in [0.717, 1.165) is 19.3 Å². The van der Waals surface area contributed by atoms with Crippen LogP contribution in [0, 0.1) is 0 Å². The second-order valence-electron chi connectivity index (χ2n) is 4.40. The van der Waals surface area contributed by atoms with Crippen molar-refractivity contribution in [3.63, 3.8) is 0 Å². The van der Waals surface area contributed by atoms with E-state index in [1.807, 2.05) is 0 Å². The summed E-state index contributed by atoms with van der Waals surface area (Å²) in [4.78, 5) is 4.49. The fraction of sp³-hybridized carbons (Fsp3) is 0.438. The minimum absolute atomic E-state index is 0.0867. The maximum Gasteiger partial charge on any atom is 0.0717 e. The van der Waals surface area contributed by atoms with Crippen molar-refractivity contribution in [1.29, 1.82) is 0 Å². The Morgan fingerprint density at radius 1 is 1.37 bits per heavy atom. The topological polar surface area (TPSA) is 64.4 Å². The lowest BCUT2D eigenvalue weighted by molar-refractivity contribution is 0.864. The van der Waals surface area contributed by atoms with Crippen LogP contribution < -0.4 is 11.5 Å². The molecular formula is C16H27N3.